The van der Waals surface area contributed by atoms with Crippen molar-refractivity contribution in [3.05, 3.63) is 96.1 Å². The Balaban J connectivity index is 1.55. The van der Waals surface area contributed by atoms with E-state index in [0.717, 1.165) is 22.6 Å². The lowest BCUT2D eigenvalue weighted by atomic mass is 10.1. The number of nitrogens with zero attached hydrogens (tertiary/aromatic N) is 3. The lowest BCUT2D eigenvalue weighted by molar-refractivity contribution is -0.119. The van der Waals surface area contributed by atoms with E-state index in [2.05, 4.69) is 34.6 Å². The lowest BCUT2D eigenvalue weighted by Gasteiger charge is -2.14. The molecule has 4 aromatic rings. The highest BCUT2D eigenvalue weighted by Crippen LogP contribution is 2.28. The standard InChI is InChI=1S/C25H24N4OS/c1-18-13-15-22(16-14-18)29-24(21-11-7-4-8-12-21)27-28-25(29)31-17-23(30)26-19(2)20-9-5-3-6-10-20/h3-16,19H,17H2,1-2H3,(H,26,30)/t19-/m1/s1. The molecule has 0 spiro atoms. The first-order chi connectivity index (χ1) is 15.1. The summed E-state index contributed by atoms with van der Waals surface area (Å²) >= 11 is 1.38. The highest BCUT2D eigenvalue weighted by Gasteiger charge is 2.18. The zero-order valence-electron chi connectivity index (χ0n) is 17.5. The van der Waals surface area contributed by atoms with Crippen molar-refractivity contribution in [3.63, 3.8) is 0 Å². The molecule has 1 atom stereocenters. The molecule has 156 valence electrons. The van der Waals surface area contributed by atoms with Crippen molar-refractivity contribution >= 4 is 17.7 Å². The maximum atomic E-state index is 12.6. The van der Waals surface area contributed by atoms with Gasteiger partial charge in [0.2, 0.25) is 5.91 Å². The molecule has 0 saturated carbocycles. The smallest absolute Gasteiger partial charge is 0.230 e. The van der Waals surface area contributed by atoms with Crippen LogP contribution in [0.15, 0.2) is 90.1 Å². The van der Waals surface area contributed by atoms with Crippen LogP contribution >= 0.6 is 11.8 Å². The van der Waals surface area contributed by atoms with Gasteiger partial charge in [-0.15, -0.1) is 10.2 Å². The molecule has 0 radical (unpaired) electrons. The van der Waals surface area contributed by atoms with Crippen LogP contribution in [0, 0.1) is 6.92 Å². The number of nitrogens with one attached hydrogen (secondary N) is 1. The average Bonchev–Trinajstić information content (AvgIpc) is 3.23. The van der Waals surface area contributed by atoms with Crippen LogP contribution < -0.4 is 5.32 Å². The van der Waals surface area contributed by atoms with E-state index >= 15 is 0 Å². The van der Waals surface area contributed by atoms with Gasteiger partial charge in [0, 0.05) is 11.3 Å². The molecule has 5 nitrogen and oxygen atoms in total. The second-order valence-electron chi connectivity index (χ2n) is 7.33. The van der Waals surface area contributed by atoms with Gasteiger partial charge in [0.05, 0.1) is 11.8 Å². The predicted molar refractivity (Wildman–Crippen MR) is 125 cm³/mol. The van der Waals surface area contributed by atoms with Crippen molar-refractivity contribution in [3.8, 4) is 17.1 Å². The Kier molecular flexibility index (Phi) is 6.48. The fourth-order valence-electron chi connectivity index (χ4n) is 3.30. The number of benzene rings is 3. The topological polar surface area (TPSA) is 59.8 Å². The number of rotatable bonds is 7. The van der Waals surface area contributed by atoms with Crippen molar-refractivity contribution in [1.29, 1.82) is 0 Å². The molecule has 1 aromatic heterocycles. The zero-order chi connectivity index (χ0) is 21.6. The van der Waals surface area contributed by atoms with E-state index in [1.54, 1.807) is 0 Å². The molecular weight excluding hydrogens is 404 g/mol. The molecule has 6 heteroatoms. The first-order valence-electron chi connectivity index (χ1n) is 10.2. The van der Waals surface area contributed by atoms with Gasteiger partial charge in [0.15, 0.2) is 11.0 Å². The molecule has 31 heavy (non-hydrogen) atoms. The molecule has 0 saturated heterocycles. The van der Waals surface area contributed by atoms with Gasteiger partial charge in [-0.05, 0) is 31.5 Å². The van der Waals surface area contributed by atoms with Gasteiger partial charge >= 0.3 is 0 Å². The van der Waals surface area contributed by atoms with Gasteiger partial charge in [-0.2, -0.15) is 0 Å². The van der Waals surface area contributed by atoms with E-state index in [4.69, 9.17) is 0 Å². The van der Waals surface area contributed by atoms with Crippen molar-refractivity contribution < 1.29 is 4.79 Å². The molecule has 0 bridgehead atoms. The van der Waals surface area contributed by atoms with Crippen LogP contribution in [0.4, 0.5) is 0 Å². The monoisotopic (exact) mass is 428 g/mol. The predicted octanol–water partition coefficient (Wildman–Crippen LogP) is 5.21. The number of carbonyl (C=O) groups is 1. The lowest BCUT2D eigenvalue weighted by Crippen LogP contribution is -2.28. The van der Waals surface area contributed by atoms with Crippen LogP contribution in [-0.2, 0) is 4.79 Å². The number of carbonyl (C=O) groups excluding carboxylic acids is 1. The highest BCUT2D eigenvalue weighted by atomic mass is 32.2. The third-order valence-corrected chi connectivity index (χ3v) is 5.90. The summed E-state index contributed by atoms with van der Waals surface area (Å²) < 4.78 is 2.01. The molecule has 0 aliphatic rings. The Morgan fingerprint density at radius 1 is 0.935 bits per heavy atom. The first kappa shape index (κ1) is 20.9. The largest absolute Gasteiger partial charge is 0.349 e. The minimum Gasteiger partial charge on any atom is -0.349 e. The Bertz CT molecular complexity index is 1140. The van der Waals surface area contributed by atoms with Gasteiger partial charge < -0.3 is 5.32 Å². The van der Waals surface area contributed by atoms with E-state index in [9.17, 15) is 4.79 Å². The van der Waals surface area contributed by atoms with Crippen LogP contribution in [0.2, 0.25) is 0 Å². The van der Waals surface area contributed by atoms with Crippen LogP contribution in [0.3, 0.4) is 0 Å². The summed E-state index contributed by atoms with van der Waals surface area (Å²) in [4.78, 5) is 12.6. The number of thioether (sulfide) groups is 1. The maximum absolute atomic E-state index is 12.6. The van der Waals surface area contributed by atoms with Crippen molar-refractivity contribution in [2.45, 2.75) is 25.0 Å². The van der Waals surface area contributed by atoms with Gasteiger partial charge in [-0.3, -0.25) is 9.36 Å². The van der Waals surface area contributed by atoms with Crippen LogP contribution in [-0.4, -0.2) is 26.4 Å². The van der Waals surface area contributed by atoms with Crippen LogP contribution in [0.5, 0.6) is 0 Å². The summed E-state index contributed by atoms with van der Waals surface area (Å²) in [6.07, 6.45) is 0. The van der Waals surface area contributed by atoms with E-state index in [0.29, 0.717) is 5.16 Å². The molecule has 0 unspecified atom stereocenters. The van der Waals surface area contributed by atoms with Crippen molar-refractivity contribution in [1.82, 2.24) is 20.1 Å². The molecular formula is C25H24N4OS. The number of aryl methyl sites for hydroxylation is 1. The van der Waals surface area contributed by atoms with E-state index in [1.165, 1.54) is 17.3 Å². The molecule has 3 aromatic carbocycles. The average molecular weight is 429 g/mol. The number of aromatic nitrogens is 3. The molecule has 1 N–H and O–H groups in total. The van der Waals surface area contributed by atoms with Gasteiger partial charge in [0.1, 0.15) is 0 Å². The zero-order valence-corrected chi connectivity index (χ0v) is 18.3. The molecule has 0 aliphatic heterocycles. The molecule has 0 fully saturated rings. The second kappa shape index (κ2) is 9.62. The van der Waals surface area contributed by atoms with E-state index in [-0.39, 0.29) is 17.7 Å². The number of hydrogen-bond acceptors (Lipinski definition) is 4. The summed E-state index contributed by atoms with van der Waals surface area (Å²) in [5, 5.41) is 12.6. The second-order valence-corrected chi connectivity index (χ2v) is 8.27. The van der Waals surface area contributed by atoms with E-state index < -0.39 is 0 Å². The molecule has 0 aliphatic carbocycles. The fraction of sp³-hybridized carbons (Fsp3) is 0.160. The normalized spacial score (nSPS) is 11.8. The number of hydrogen-bond donors (Lipinski definition) is 1. The van der Waals surface area contributed by atoms with Crippen LogP contribution in [0.25, 0.3) is 17.1 Å². The summed E-state index contributed by atoms with van der Waals surface area (Å²) in [7, 11) is 0. The minimum absolute atomic E-state index is 0.0407. The van der Waals surface area contributed by atoms with Crippen molar-refractivity contribution in [2.75, 3.05) is 5.75 Å². The quantitative estimate of drug-likeness (QED) is 0.411. The van der Waals surface area contributed by atoms with E-state index in [1.807, 2.05) is 84.3 Å². The Morgan fingerprint density at radius 2 is 1.58 bits per heavy atom. The summed E-state index contributed by atoms with van der Waals surface area (Å²) in [5.74, 6) is 0.974. The fourth-order valence-corrected chi connectivity index (χ4v) is 4.07. The minimum atomic E-state index is -0.0517. The van der Waals surface area contributed by atoms with Gasteiger partial charge in [-0.1, -0.05) is 90.1 Å². The van der Waals surface area contributed by atoms with Crippen LogP contribution in [0.1, 0.15) is 24.1 Å². The molecule has 1 heterocycles. The summed E-state index contributed by atoms with van der Waals surface area (Å²) in [5.41, 5.74) is 4.20. The Labute approximate surface area is 186 Å². The molecule has 4 rings (SSSR count). The third kappa shape index (κ3) is 5.03. The van der Waals surface area contributed by atoms with Gasteiger partial charge in [0.25, 0.3) is 0 Å². The highest BCUT2D eigenvalue weighted by molar-refractivity contribution is 7.99. The molecule has 1 amide bonds. The third-order valence-electron chi connectivity index (χ3n) is 4.97. The summed E-state index contributed by atoms with van der Waals surface area (Å²) in [6, 6.07) is 28.1. The maximum Gasteiger partial charge on any atom is 0.230 e. The Hall–Kier alpha value is -3.38. The first-order valence-corrected chi connectivity index (χ1v) is 11.2. The Morgan fingerprint density at radius 3 is 2.26 bits per heavy atom. The summed E-state index contributed by atoms with van der Waals surface area (Å²) in [6.45, 7) is 4.04. The SMILES string of the molecule is Cc1ccc(-n2c(SCC(=O)N[C@H](C)c3ccccc3)nnc2-c2ccccc2)cc1. The van der Waals surface area contributed by atoms with Crippen molar-refractivity contribution in [2.24, 2.45) is 0 Å². The van der Waals surface area contributed by atoms with Gasteiger partial charge in [-0.25, -0.2) is 0 Å². The number of amides is 1.